The van der Waals surface area contributed by atoms with Crippen LogP contribution in [0.4, 0.5) is 14.5 Å². The molecule has 5 nitrogen and oxygen atoms in total. The molecule has 0 amide bonds. The van der Waals surface area contributed by atoms with Crippen LogP contribution >= 0.6 is 24.0 Å². The normalized spacial score (nSPS) is 18.7. The molecule has 142 valence electrons. The molecule has 0 saturated carbocycles. The second-order valence-corrected chi connectivity index (χ2v) is 6.18. The number of nitrogens with one attached hydrogen (secondary N) is 2. The molecule has 0 spiro atoms. The van der Waals surface area contributed by atoms with Crippen molar-refractivity contribution in [1.29, 1.82) is 0 Å². The van der Waals surface area contributed by atoms with Crippen molar-refractivity contribution in [2.45, 2.75) is 26.3 Å². The van der Waals surface area contributed by atoms with E-state index in [1.165, 1.54) is 12.1 Å². The fourth-order valence-corrected chi connectivity index (χ4v) is 2.65. The molecule has 1 heterocycles. The Labute approximate surface area is 164 Å². The van der Waals surface area contributed by atoms with Crippen LogP contribution in [0.5, 0.6) is 0 Å². The van der Waals surface area contributed by atoms with Crippen LogP contribution in [0.15, 0.2) is 23.2 Å². The van der Waals surface area contributed by atoms with Crippen molar-refractivity contribution in [2.24, 2.45) is 10.9 Å². The summed E-state index contributed by atoms with van der Waals surface area (Å²) in [5.74, 6) is -0.296. The standard InChI is InChI=1S/C17H26F2N4O.HI/c1-3-20-17(21-9-12(2)11-24)22-14-6-7-23(10-14)16-5-4-13(18)8-15(16)19;/h4-5,8,12,14,24H,3,6-7,9-11H2,1-2H3,(H2,20,21,22);1H. The molecule has 0 radical (unpaired) electrons. The molecule has 0 bridgehead atoms. The minimum absolute atomic E-state index is 0. The number of hydrogen-bond donors (Lipinski definition) is 3. The van der Waals surface area contributed by atoms with Crippen molar-refractivity contribution < 1.29 is 13.9 Å². The number of guanidine groups is 1. The number of hydrogen-bond acceptors (Lipinski definition) is 3. The summed E-state index contributed by atoms with van der Waals surface area (Å²) in [4.78, 5) is 6.38. The molecule has 1 saturated heterocycles. The van der Waals surface area contributed by atoms with E-state index in [4.69, 9.17) is 5.11 Å². The first kappa shape index (κ1) is 21.9. The first-order valence-corrected chi connectivity index (χ1v) is 8.39. The van der Waals surface area contributed by atoms with Gasteiger partial charge in [-0.05, 0) is 31.4 Å². The van der Waals surface area contributed by atoms with Crippen molar-refractivity contribution in [1.82, 2.24) is 10.6 Å². The van der Waals surface area contributed by atoms with Gasteiger partial charge in [0.05, 0.1) is 5.69 Å². The Morgan fingerprint density at radius 1 is 1.44 bits per heavy atom. The molecule has 2 unspecified atom stereocenters. The minimum Gasteiger partial charge on any atom is -0.396 e. The number of rotatable bonds is 6. The zero-order valence-electron chi connectivity index (χ0n) is 14.6. The molecule has 2 atom stereocenters. The van der Waals surface area contributed by atoms with Crippen molar-refractivity contribution >= 4 is 35.6 Å². The van der Waals surface area contributed by atoms with Gasteiger partial charge in [-0.1, -0.05) is 6.92 Å². The molecule has 0 aliphatic carbocycles. The predicted molar refractivity (Wildman–Crippen MR) is 108 cm³/mol. The number of nitrogens with zero attached hydrogens (tertiary/aromatic N) is 2. The summed E-state index contributed by atoms with van der Waals surface area (Å²) < 4.78 is 26.9. The maximum Gasteiger partial charge on any atom is 0.191 e. The summed E-state index contributed by atoms with van der Waals surface area (Å²) in [6.07, 6.45) is 0.844. The Balaban J connectivity index is 0.00000312. The summed E-state index contributed by atoms with van der Waals surface area (Å²) in [6.45, 7) is 6.62. The number of aliphatic hydroxyl groups is 1. The number of halogens is 3. The molecule has 2 rings (SSSR count). The maximum absolute atomic E-state index is 13.9. The average molecular weight is 468 g/mol. The van der Waals surface area contributed by atoms with Crippen LogP contribution in [0, 0.1) is 17.6 Å². The molecule has 1 fully saturated rings. The van der Waals surface area contributed by atoms with Gasteiger partial charge in [-0.15, -0.1) is 24.0 Å². The molecule has 1 aromatic rings. The van der Waals surface area contributed by atoms with E-state index in [2.05, 4.69) is 15.6 Å². The van der Waals surface area contributed by atoms with Crippen LogP contribution in [0.2, 0.25) is 0 Å². The third-order valence-electron chi connectivity index (χ3n) is 4.00. The fraction of sp³-hybridized carbons (Fsp3) is 0.588. The van der Waals surface area contributed by atoms with E-state index < -0.39 is 11.6 Å². The molecule has 1 aromatic carbocycles. The van der Waals surface area contributed by atoms with Gasteiger partial charge in [0.1, 0.15) is 11.6 Å². The van der Waals surface area contributed by atoms with E-state index in [-0.39, 0.29) is 42.5 Å². The Hall–Kier alpha value is -1.16. The Bertz CT molecular complexity index is 574. The summed E-state index contributed by atoms with van der Waals surface area (Å²) in [5.41, 5.74) is 0.427. The van der Waals surface area contributed by atoms with Crippen LogP contribution in [-0.4, -0.2) is 49.9 Å². The number of anilines is 1. The SMILES string of the molecule is CCNC(=NCC(C)CO)NC1CCN(c2ccc(F)cc2F)C1.I. The summed E-state index contributed by atoms with van der Waals surface area (Å²) in [7, 11) is 0. The second kappa shape index (κ2) is 10.7. The van der Waals surface area contributed by atoms with Gasteiger partial charge >= 0.3 is 0 Å². The molecule has 25 heavy (non-hydrogen) atoms. The van der Waals surface area contributed by atoms with Crippen LogP contribution in [0.1, 0.15) is 20.3 Å². The van der Waals surface area contributed by atoms with Crippen molar-refractivity contribution in [2.75, 3.05) is 37.7 Å². The van der Waals surface area contributed by atoms with Gasteiger partial charge in [-0.3, -0.25) is 4.99 Å². The molecular formula is C17H27F2IN4O. The van der Waals surface area contributed by atoms with E-state index in [1.807, 2.05) is 18.7 Å². The Morgan fingerprint density at radius 2 is 2.20 bits per heavy atom. The van der Waals surface area contributed by atoms with E-state index >= 15 is 0 Å². The van der Waals surface area contributed by atoms with Crippen LogP contribution in [0.3, 0.4) is 0 Å². The molecule has 3 N–H and O–H groups in total. The van der Waals surface area contributed by atoms with Gasteiger partial charge in [-0.2, -0.15) is 0 Å². The zero-order chi connectivity index (χ0) is 17.5. The summed E-state index contributed by atoms with van der Waals surface area (Å²) in [5, 5.41) is 15.6. The van der Waals surface area contributed by atoms with Crippen LogP contribution < -0.4 is 15.5 Å². The highest BCUT2D eigenvalue weighted by molar-refractivity contribution is 14.0. The Kier molecular flexibility index (Phi) is 9.41. The van der Waals surface area contributed by atoms with Gasteiger partial charge in [0.25, 0.3) is 0 Å². The maximum atomic E-state index is 13.9. The van der Waals surface area contributed by atoms with E-state index in [0.717, 1.165) is 19.0 Å². The molecule has 8 heteroatoms. The Morgan fingerprint density at radius 3 is 2.84 bits per heavy atom. The highest BCUT2D eigenvalue weighted by atomic mass is 127. The van der Waals surface area contributed by atoms with E-state index in [9.17, 15) is 8.78 Å². The molecule has 1 aliphatic rings. The van der Waals surface area contributed by atoms with Gasteiger partial charge in [0, 0.05) is 44.9 Å². The van der Waals surface area contributed by atoms with Crippen molar-refractivity contribution in [3.8, 4) is 0 Å². The predicted octanol–water partition coefficient (Wildman–Crippen LogP) is 2.35. The fourth-order valence-electron chi connectivity index (χ4n) is 2.65. The number of aliphatic imine (C=N–C) groups is 1. The quantitative estimate of drug-likeness (QED) is 0.341. The van der Waals surface area contributed by atoms with Crippen molar-refractivity contribution in [3.63, 3.8) is 0 Å². The zero-order valence-corrected chi connectivity index (χ0v) is 17.0. The molecule has 0 aromatic heterocycles. The van der Waals surface area contributed by atoms with Gasteiger partial charge < -0.3 is 20.6 Å². The third-order valence-corrected chi connectivity index (χ3v) is 4.00. The van der Waals surface area contributed by atoms with E-state index in [1.54, 1.807) is 0 Å². The van der Waals surface area contributed by atoms with E-state index in [0.29, 0.717) is 31.3 Å². The van der Waals surface area contributed by atoms with Crippen molar-refractivity contribution in [3.05, 3.63) is 29.8 Å². The third kappa shape index (κ3) is 6.58. The highest BCUT2D eigenvalue weighted by Gasteiger charge is 2.25. The lowest BCUT2D eigenvalue weighted by molar-refractivity contribution is 0.241. The number of benzene rings is 1. The molecular weight excluding hydrogens is 441 g/mol. The van der Waals surface area contributed by atoms with Gasteiger partial charge in [-0.25, -0.2) is 8.78 Å². The first-order chi connectivity index (χ1) is 11.5. The van der Waals surface area contributed by atoms with Crippen LogP contribution in [-0.2, 0) is 0 Å². The lowest BCUT2D eigenvalue weighted by atomic mass is 10.2. The summed E-state index contributed by atoms with van der Waals surface area (Å²) in [6, 6.07) is 3.81. The molecule has 1 aliphatic heterocycles. The highest BCUT2D eigenvalue weighted by Crippen LogP contribution is 2.24. The smallest absolute Gasteiger partial charge is 0.191 e. The lowest BCUT2D eigenvalue weighted by Gasteiger charge is -2.21. The average Bonchev–Trinajstić information content (AvgIpc) is 3.00. The monoisotopic (exact) mass is 468 g/mol. The topological polar surface area (TPSA) is 59.9 Å². The minimum atomic E-state index is -0.565. The first-order valence-electron chi connectivity index (χ1n) is 8.39. The van der Waals surface area contributed by atoms with Gasteiger partial charge in [0.2, 0.25) is 0 Å². The lowest BCUT2D eigenvalue weighted by Crippen LogP contribution is -2.45. The number of aliphatic hydroxyl groups excluding tert-OH is 1. The second-order valence-electron chi connectivity index (χ2n) is 6.18. The largest absolute Gasteiger partial charge is 0.396 e. The van der Waals surface area contributed by atoms with Crippen LogP contribution in [0.25, 0.3) is 0 Å². The summed E-state index contributed by atoms with van der Waals surface area (Å²) >= 11 is 0. The van der Waals surface area contributed by atoms with Gasteiger partial charge in [0.15, 0.2) is 5.96 Å².